The number of allylic oxidation sites excluding steroid dienone is 1. The molecule has 0 aromatic heterocycles. The zero-order valence-electron chi connectivity index (χ0n) is 8.17. The van der Waals surface area contributed by atoms with Crippen molar-refractivity contribution in [2.24, 2.45) is 0 Å². The second kappa shape index (κ2) is 4.96. The van der Waals surface area contributed by atoms with Crippen molar-refractivity contribution in [3.63, 3.8) is 0 Å². The standard InChI is InChI=1S/C11H12BrNO/c1-3-5-10(14)13-9-7-4-6-8(2)11(9)12/h3-7H,1-2H3,(H,13,14)/b5-3+. The molecule has 0 aliphatic rings. The van der Waals surface area contributed by atoms with Gasteiger partial charge in [-0.3, -0.25) is 4.79 Å². The largest absolute Gasteiger partial charge is 0.321 e. The van der Waals surface area contributed by atoms with Gasteiger partial charge in [0.05, 0.1) is 5.69 Å². The lowest BCUT2D eigenvalue weighted by Crippen LogP contribution is -2.08. The third-order valence-corrected chi connectivity index (χ3v) is 2.82. The van der Waals surface area contributed by atoms with E-state index in [4.69, 9.17) is 0 Å². The minimum absolute atomic E-state index is 0.112. The van der Waals surface area contributed by atoms with Crippen LogP contribution in [-0.4, -0.2) is 5.91 Å². The van der Waals surface area contributed by atoms with Crippen molar-refractivity contribution in [1.82, 2.24) is 0 Å². The summed E-state index contributed by atoms with van der Waals surface area (Å²) in [5, 5.41) is 2.78. The molecule has 0 unspecified atom stereocenters. The molecule has 0 spiro atoms. The molecule has 0 aliphatic heterocycles. The van der Waals surface area contributed by atoms with E-state index in [1.54, 1.807) is 6.08 Å². The smallest absolute Gasteiger partial charge is 0.248 e. The van der Waals surface area contributed by atoms with Gasteiger partial charge in [-0.2, -0.15) is 0 Å². The van der Waals surface area contributed by atoms with Crippen LogP contribution >= 0.6 is 15.9 Å². The van der Waals surface area contributed by atoms with Crippen LogP contribution in [0.2, 0.25) is 0 Å². The maximum atomic E-state index is 11.3. The molecule has 0 saturated heterocycles. The molecule has 1 rings (SSSR count). The first-order valence-electron chi connectivity index (χ1n) is 4.34. The monoisotopic (exact) mass is 253 g/mol. The average Bonchev–Trinajstić information content (AvgIpc) is 2.13. The van der Waals surface area contributed by atoms with Crippen LogP contribution < -0.4 is 5.32 Å². The van der Waals surface area contributed by atoms with Gasteiger partial charge in [0, 0.05) is 4.47 Å². The van der Waals surface area contributed by atoms with Gasteiger partial charge in [-0.05, 0) is 47.5 Å². The van der Waals surface area contributed by atoms with E-state index in [1.165, 1.54) is 6.08 Å². The Morgan fingerprint density at radius 2 is 2.21 bits per heavy atom. The van der Waals surface area contributed by atoms with Crippen LogP contribution in [0.5, 0.6) is 0 Å². The molecule has 0 radical (unpaired) electrons. The summed E-state index contributed by atoms with van der Waals surface area (Å²) in [6.45, 7) is 3.79. The molecule has 1 aromatic carbocycles. The molecule has 0 bridgehead atoms. The second-order valence-corrected chi connectivity index (χ2v) is 3.72. The predicted octanol–water partition coefficient (Wildman–Crippen LogP) is 3.27. The first-order chi connectivity index (χ1) is 6.65. The molecule has 14 heavy (non-hydrogen) atoms. The SMILES string of the molecule is C/C=C/C(=O)Nc1cccc(C)c1Br. The van der Waals surface area contributed by atoms with Gasteiger partial charge < -0.3 is 5.32 Å². The van der Waals surface area contributed by atoms with Gasteiger partial charge in [0.25, 0.3) is 0 Å². The summed E-state index contributed by atoms with van der Waals surface area (Å²) in [4.78, 5) is 11.3. The fourth-order valence-corrected chi connectivity index (χ4v) is 1.43. The van der Waals surface area contributed by atoms with E-state index in [2.05, 4.69) is 21.2 Å². The Balaban J connectivity index is 2.87. The Morgan fingerprint density at radius 3 is 2.86 bits per heavy atom. The third-order valence-electron chi connectivity index (χ3n) is 1.77. The first kappa shape index (κ1) is 11.0. The Bertz CT molecular complexity index is 372. The number of rotatable bonds is 2. The van der Waals surface area contributed by atoms with E-state index in [0.717, 1.165) is 15.7 Å². The molecule has 1 aromatic rings. The average molecular weight is 254 g/mol. The molecular weight excluding hydrogens is 242 g/mol. The number of carbonyl (C=O) groups is 1. The van der Waals surface area contributed by atoms with E-state index in [0.29, 0.717) is 0 Å². The molecular formula is C11H12BrNO. The quantitative estimate of drug-likeness (QED) is 0.806. The highest BCUT2D eigenvalue weighted by Gasteiger charge is 2.03. The Morgan fingerprint density at radius 1 is 1.50 bits per heavy atom. The summed E-state index contributed by atoms with van der Waals surface area (Å²) in [6.07, 6.45) is 3.20. The van der Waals surface area contributed by atoms with Gasteiger partial charge in [-0.1, -0.05) is 18.2 Å². The van der Waals surface area contributed by atoms with Gasteiger partial charge >= 0.3 is 0 Å². The number of carbonyl (C=O) groups excluding carboxylic acids is 1. The first-order valence-corrected chi connectivity index (χ1v) is 5.13. The topological polar surface area (TPSA) is 29.1 Å². The lowest BCUT2D eigenvalue weighted by molar-refractivity contribution is -0.111. The maximum absolute atomic E-state index is 11.3. The van der Waals surface area contributed by atoms with Crippen molar-refractivity contribution in [2.45, 2.75) is 13.8 Å². The number of anilines is 1. The van der Waals surface area contributed by atoms with Gasteiger partial charge in [0.1, 0.15) is 0 Å². The molecule has 1 N–H and O–H groups in total. The van der Waals surface area contributed by atoms with E-state index < -0.39 is 0 Å². The molecule has 0 heterocycles. The number of amides is 1. The van der Waals surface area contributed by atoms with Crippen molar-refractivity contribution < 1.29 is 4.79 Å². The van der Waals surface area contributed by atoms with Gasteiger partial charge in [-0.15, -0.1) is 0 Å². The van der Waals surface area contributed by atoms with Crippen LogP contribution in [0.1, 0.15) is 12.5 Å². The number of hydrogen-bond donors (Lipinski definition) is 1. The third kappa shape index (κ3) is 2.70. The number of halogens is 1. The fraction of sp³-hybridized carbons (Fsp3) is 0.182. The summed E-state index contributed by atoms with van der Waals surface area (Å²) in [7, 11) is 0. The normalized spacial score (nSPS) is 10.5. The Labute approximate surface area is 92.1 Å². The van der Waals surface area contributed by atoms with Crippen LogP contribution in [0.3, 0.4) is 0 Å². The zero-order chi connectivity index (χ0) is 10.6. The van der Waals surface area contributed by atoms with Gasteiger partial charge in [-0.25, -0.2) is 0 Å². The summed E-state index contributed by atoms with van der Waals surface area (Å²) >= 11 is 3.42. The molecule has 74 valence electrons. The molecule has 0 saturated carbocycles. The molecule has 2 nitrogen and oxygen atoms in total. The highest BCUT2D eigenvalue weighted by atomic mass is 79.9. The summed E-state index contributed by atoms with van der Waals surface area (Å²) in [6, 6.07) is 5.75. The summed E-state index contributed by atoms with van der Waals surface area (Å²) in [5.74, 6) is -0.112. The molecule has 0 atom stereocenters. The van der Waals surface area contributed by atoms with Crippen molar-refractivity contribution in [3.8, 4) is 0 Å². The van der Waals surface area contributed by atoms with Crippen molar-refractivity contribution in [2.75, 3.05) is 5.32 Å². The number of benzene rings is 1. The van der Waals surface area contributed by atoms with E-state index in [9.17, 15) is 4.79 Å². The number of hydrogen-bond acceptors (Lipinski definition) is 1. The van der Waals surface area contributed by atoms with Crippen LogP contribution in [0.4, 0.5) is 5.69 Å². The number of nitrogens with one attached hydrogen (secondary N) is 1. The Hall–Kier alpha value is -1.09. The molecule has 1 amide bonds. The van der Waals surface area contributed by atoms with Crippen LogP contribution in [0.25, 0.3) is 0 Å². The minimum atomic E-state index is -0.112. The lowest BCUT2D eigenvalue weighted by atomic mass is 10.2. The maximum Gasteiger partial charge on any atom is 0.248 e. The lowest BCUT2D eigenvalue weighted by Gasteiger charge is -2.06. The molecule has 3 heteroatoms. The van der Waals surface area contributed by atoms with Crippen LogP contribution in [0.15, 0.2) is 34.8 Å². The summed E-state index contributed by atoms with van der Waals surface area (Å²) in [5.41, 5.74) is 1.90. The van der Waals surface area contributed by atoms with Gasteiger partial charge in [0.15, 0.2) is 0 Å². The zero-order valence-corrected chi connectivity index (χ0v) is 9.76. The second-order valence-electron chi connectivity index (χ2n) is 2.93. The number of aryl methyl sites for hydroxylation is 1. The van der Waals surface area contributed by atoms with Crippen molar-refractivity contribution in [1.29, 1.82) is 0 Å². The van der Waals surface area contributed by atoms with E-state index >= 15 is 0 Å². The van der Waals surface area contributed by atoms with E-state index in [1.807, 2.05) is 32.0 Å². The Kier molecular flexibility index (Phi) is 3.89. The predicted molar refractivity (Wildman–Crippen MR) is 62.3 cm³/mol. The molecule has 0 fully saturated rings. The minimum Gasteiger partial charge on any atom is -0.321 e. The van der Waals surface area contributed by atoms with Crippen LogP contribution in [-0.2, 0) is 4.79 Å². The van der Waals surface area contributed by atoms with Crippen molar-refractivity contribution in [3.05, 3.63) is 40.4 Å². The highest BCUT2D eigenvalue weighted by Crippen LogP contribution is 2.25. The fourth-order valence-electron chi connectivity index (χ4n) is 1.07. The summed E-state index contributed by atoms with van der Waals surface area (Å²) < 4.78 is 0.929. The highest BCUT2D eigenvalue weighted by molar-refractivity contribution is 9.10. The van der Waals surface area contributed by atoms with Crippen molar-refractivity contribution >= 4 is 27.5 Å². The molecule has 0 aliphatic carbocycles. The van der Waals surface area contributed by atoms with Crippen LogP contribution in [0, 0.1) is 6.92 Å². The van der Waals surface area contributed by atoms with E-state index in [-0.39, 0.29) is 5.91 Å². The van der Waals surface area contributed by atoms with Gasteiger partial charge in [0.2, 0.25) is 5.91 Å².